The zero-order valence-electron chi connectivity index (χ0n) is 12.0. The number of hydrogen-bond donors (Lipinski definition) is 1. The van der Waals surface area contributed by atoms with E-state index in [1.807, 2.05) is 48.2 Å². The van der Waals surface area contributed by atoms with E-state index < -0.39 is 4.87 Å². The number of rotatable bonds is 2. The molecular weight excluding hydrogens is 282 g/mol. The molecule has 0 bridgehead atoms. The Labute approximate surface area is 128 Å². The largest absolute Gasteiger partial charge is 0.508 e. The average molecular weight is 299 g/mol. The van der Waals surface area contributed by atoms with E-state index in [0.717, 1.165) is 11.3 Å². The summed E-state index contributed by atoms with van der Waals surface area (Å²) in [6, 6.07) is 15.1. The molecule has 1 aliphatic heterocycles. The Morgan fingerprint density at radius 2 is 1.71 bits per heavy atom. The van der Waals surface area contributed by atoms with Gasteiger partial charge in [-0.25, -0.2) is 0 Å². The lowest BCUT2D eigenvalue weighted by Gasteiger charge is -2.34. The van der Waals surface area contributed by atoms with E-state index in [1.54, 1.807) is 23.9 Å². The van der Waals surface area contributed by atoms with Crippen molar-refractivity contribution in [2.24, 2.45) is 0 Å². The van der Waals surface area contributed by atoms with Gasteiger partial charge in [0, 0.05) is 5.69 Å². The Morgan fingerprint density at radius 1 is 1.10 bits per heavy atom. The summed E-state index contributed by atoms with van der Waals surface area (Å²) in [5, 5.41) is 9.46. The summed E-state index contributed by atoms with van der Waals surface area (Å²) in [5.41, 5.74) is 3.09. The summed E-state index contributed by atoms with van der Waals surface area (Å²) in [7, 11) is 0. The van der Waals surface area contributed by atoms with Crippen molar-refractivity contribution in [3.63, 3.8) is 0 Å². The van der Waals surface area contributed by atoms with Gasteiger partial charge in [0.25, 0.3) is 0 Å². The predicted octanol–water partition coefficient (Wildman–Crippen LogP) is 3.65. The number of anilines is 1. The van der Waals surface area contributed by atoms with E-state index in [1.165, 1.54) is 5.56 Å². The second-order valence-corrected chi connectivity index (χ2v) is 6.76. The molecule has 0 aromatic heterocycles. The summed E-state index contributed by atoms with van der Waals surface area (Å²) in [6.45, 7) is 4.08. The second kappa shape index (κ2) is 5.11. The van der Waals surface area contributed by atoms with Gasteiger partial charge in [-0.2, -0.15) is 0 Å². The molecule has 1 fully saturated rings. The van der Waals surface area contributed by atoms with Crippen LogP contribution in [0.15, 0.2) is 48.5 Å². The number of phenols is 1. The van der Waals surface area contributed by atoms with Crippen LogP contribution in [-0.4, -0.2) is 16.8 Å². The Bertz CT molecular complexity index is 666. The van der Waals surface area contributed by atoms with Gasteiger partial charge in [0.15, 0.2) is 0 Å². The van der Waals surface area contributed by atoms with Crippen molar-refractivity contribution < 1.29 is 9.90 Å². The zero-order valence-corrected chi connectivity index (χ0v) is 12.9. The van der Waals surface area contributed by atoms with Crippen LogP contribution in [0.3, 0.4) is 0 Å². The number of phenolic OH excluding ortho intramolecular Hbond substituents is 1. The molecule has 0 saturated carbocycles. The van der Waals surface area contributed by atoms with Crippen LogP contribution in [0.2, 0.25) is 0 Å². The number of benzene rings is 2. The Kier molecular flexibility index (Phi) is 3.41. The first-order chi connectivity index (χ1) is 10.0. The average Bonchev–Trinajstić information content (AvgIpc) is 2.78. The summed E-state index contributed by atoms with van der Waals surface area (Å²) in [6.07, 6.45) is 0. The third-order valence-corrected chi connectivity index (χ3v) is 5.22. The molecule has 0 spiro atoms. The standard InChI is InChI=1S/C17H17NO2S/c1-12-3-7-14(8-4-12)18-16(20)11-21-17(18,2)13-5-9-15(19)10-6-13/h3-10,19H,11H2,1-2H3. The van der Waals surface area contributed by atoms with Crippen LogP contribution in [0.5, 0.6) is 5.75 Å². The van der Waals surface area contributed by atoms with E-state index in [2.05, 4.69) is 6.92 Å². The maximum absolute atomic E-state index is 12.4. The zero-order chi connectivity index (χ0) is 15.0. The number of thioether (sulfide) groups is 1. The molecule has 3 rings (SSSR count). The minimum Gasteiger partial charge on any atom is -0.508 e. The van der Waals surface area contributed by atoms with Gasteiger partial charge in [0.2, 0.25) is 5.91 Å². The minimum atomic E-state index is -0.444. The predicted molar refractivity (Wildman–Crippen MR) is 86.6 cm³/mol. The molecule has 4 heteroatoms. The third-order valence-electron chi connectivity index (χ3n) is 3.85. The lowest BCUT2D eigenvalue weighted by atomic mass is 10.0. The van der Waals surface area contributed by atoms with Crippen LogP contribution < -0.4 is 4.90 Å². The summed E-state index contributed by atoms with van der Waals surface area (Å²) in [5.74, 6) is 0.809. The molecule has 1 aliphatic rings. The first kappa shape index (κ1) is 14.0. The van der Waals surface area contributed by atoms with Gasteiger partial charge in [-0.1, -0.05) is 29.8 Å². The number of carbonyl (C=O) groups is 1. The molecule has 1 heterocycles. The normalized spacial score (nSPS) is 21.8. The van der Waals surface area contributed by atoms with Gasteiger partial charge in [0.1, 0.15) is 10.6 Å². The molecule has 1 N–H and O–H groups in total. The lowest BCUT2D eigenvalue weighted by Crippen LogP contribution is -2.40. The lowest BCUT2D eigenvalue weighted by molar-refractivity contribution is -0.116. The highest BCUT2D eigenvalue weighted by atomic mass is 32.2. The Balaban J connectivity index is 2.05. The smallest absolute Gasteiger partial charge is 0.238 e. The summed E-state index contributed by atoms with van der Waals surface area (Å²) in [4.78, 5) is 13.8. The van der Waals surface area contributed by atoms with Crippen LogP contribution >= 0.6 is 11.8 Å². The number of nitrogens with zero attached hydrogens (tertiary/aromatic N) is 1. The third kappa shape index (κ3) is 2.40. The quantitative estimate of drug-likeness (QED) is 0.920. The van der Waals surface area contributed by atoms with Gasteiger partial charge in [0.05, 0.1) is 5.75 Å². The molecule has 1 unspecified atom stereocenters. The van der Waals surface area contributed by atoms with E-state index in [-0.39, 0.29) is 11.7 Å². The van der Waals surface area contributed by atoms with Crippen molar-refractivity contribution in [1.29, 1.82) is 0 Å². The van der Waals surface area contributed by atoms with Crippen molar-refractivity contribution in [2.45, 2.75) is 18.7 Å². The SMILES string of the molecule is Cc1ccc(N2C(=O)CSC2(C)c2ccc(O)cc2)cc1. The molecular formula is C17H17NO2S. The van der Waals surface area contributed by atoms with Gasteiger partial charge < -0.3 is 5.11 Å². The molecule has 21 heavy (non-hydrogen) atoms. The first-order valence-electron chi connectivity index (χ1n) is 6.84. The molecule has 3 nitrogen and oxygen atoms in total. The van der Waals surface area contributed by atoms with Crippen molar-refractivity contribution >= 4 is 23.4 Å². The highest BCUT2D eigenvalue weighted by Crippen LogP contribution is 2.47. The minimum absolute atomic E-state index is 0.111. The van der Waals surface area contributed by atoms with E-state index >= 15 is 0 Å². The van der Waals surface area contributed by atoms with Crippen LogP contribution in [0, 0.1) is 6.92 Å². The van der Waals surface area contributed by atoms with Gasteiger partial charge in [-0.05, 0) is 43.7 Å². The van der Waals surface area contributed by atoms with E-state index in [4.69, 9.17) is 0 Å². The van der Waals surface area contributed by atoms with Gasteiger partial charge in [-0.15, -0.1) is 11.8 Å². The number of aryl methyl sites for hydroxylation is 1. The van der Waals surface area contributed by atoms with Crippen molar-refractivity contribution in [2.75, 3.05) is 10.7 Å². The maximum atomic E-state index is 12.4. The van der Waals surface area contributed by atoms with Crippen LogP contribution in [0.4, 0.5) is 5.69 Å². The Morgan fingerprint density at radius 3 is 2.33 bits per heavy atom. The molecule has 2 aromatic rings. The fourth-order valence-electron chi connectivity index (χ4n) is 2.64. The Hall–Kier alpha value is -1.94. The summed E-state index contributed by atoms with van der Waals surface area (Å²) < 4.78 is 0. The maximum Gasteiger partial charge on any atom is 0.238 e. The topological polar surface area (TPSA) is 40.5 Å². The number of carbonyl (C=O) groups excluding carboxylic acids is 1. The van der Waals surface area contributed by atoms with Crippen LogP contribution in [-0.2, 0) is 9.67 Å². The van der Waals surface area contributed by atoms with Crippen LogP contribution in [0.1, 0.15) is 18.1 Å². The van der Waals surface area contributed by atoms with Crippen LogP contribution in [0.25, 0.3) is 0 Å². The second-order valence-electron chi connectivity index (χ2n) is 5.38. The van der Waals surface area contributed by atoms with Crippen molar-refractivity contribution in [3.8, 4) is 5.75 Å². The first-order valence-corrected chi connectivity index (χ1v) is 7.82. The number of hydrogen-bond acceptors (Lipinski definition) is 3. The molecule has 1 amide bonds. The molecule has 2 aromatic carbocycles. The van der Waals surface area contributed by atoms with Crippen molar-refractivity contribution in [1.82, 2.24) is 0 Å². The fourth-order valence-corrected chi connectivity index (χ4v) is 3.81. The van der Waals surface area contributed by atoms with Gasteiger partial charge in [-0.3, -0.25) is 9.69 Å². The van der Waals surface area contributed by atoms with Crippen molar-refractivity contribution in [3.05, 3.63) is 59.7 Å². The number of aromatic hydroxyl groups is 1. The fraction of sp³-hybridized carbons (Fsp3) is 0.235. The van der Waals surface area contributed by atoms with Gasteiger partial charge >= 0.3 is 0 Å². The highest BCUT2D eigenvalue weighted by Gasteiger charge is 2.44. The summed E-state index contributed by atoms with van der Waals surface area (Å²) >= 11 is 1.61. The number of amides is 1. The molecule has 1 atom stereocenters. The highest BCUT2D eigenvalue weighted by molar-refractivity contribution is 8.01. The molecule has 1 saturated heterocycles. The molecule has 0 radical (unpaired) electrons. The van der Waals surface area contributed by atoms with E-state index in [0.29, 0.717) is 5.75 Å². The molecule has 0 aliphatic carbocycles. The molecule has 108 valence electrons. The monoisotopic (exact) mass is 299 g/mol. The van der Waals surface area contributed by atoms with E-state index in [9.17, 15) is 9.90 Å².